The second-order valence-electron chi connectivity index (χ2n) is 4.67. The molecule has 1 saturated heterocycles. The molecule has 0 spiro atoms. The van der Waals surface area contributed by atoms with Gasteiger partial charge in [0.2, 0.25) is 0 Å². The van der Waals surface area contributed by atoms with E-state index in [1.807, 2.05) is 18.7 Å². The van der Waals surface area contributed by atoms with Gasteiger partial charge in [-0.15, -0.1) is 0 Å². The van der Waals surface area contributed by atoms with Crippen molar-refractivity contribution in [2.75, 3.05) is 24.7 Å². The first-order valence-electron chi connectivity index (χ1n) is 5.43. The molecule has 0 radical (unpaired) electrons. The Morgan fingerprint density at radius 2 is 2.29 bits per heavy atom. The maximum Gasteiger partial charge on any atom is 0.335 e. The number of nitrogens with one attached hydrogen (secondary N) is 1. The number of carbonyl (C=O) groups is 1. The molecule has 0 amide bonds. The smallest absolute Gasteiger partial charge is 0.335 e. The van der Waals surface area contributed by atoms with Crippen molar-refractivity contribution in [3.63, 3.8) is 0 Å². The minimum Gasteiger partial charge on any atom is -0.505 e. The van der Waals surface area contributed by atoms with Crippen LogP contribution in [0.5, 0.6) is 0 Å². The van der Waals surface area contributed by atoms with Crippen LogP contribution in [0, 0.1) is 5.41 Å². The molecule has 1 aromatic rings. The van der Waals surface area contributed by atoms with Gasteiger partial charge in [0.25, 0.3) is 11.5 Å². The highest BCUT2D eigenvalue weighted by atomic mass is 16.5. The van der Waals surface area contributed by atoms with Gasteiger partial charge < -0.3 is 14.5 Å². The highest BCUT2D eigenvalue weighted by Crippen LogP contribution is 2.21. The van der Waals surface area contributed by atoms with Crippen molar-refractivity contribution < 1.29 is 18.7 Å². The molecular formula is C10H16N4O3. The van der Waals surface area contributed by atoms with Gasteiger partial charge in [-0.1, -0.05) is 0 Å². The lowest BCUT2D eigenvalue weighted by Crippen LogP contribution is -2.60. The zero-order chi connectivity index (χ0) is 12.6. The zero-order valence-corrected chi connectivity index (χ0v) is 10.2. The van der Waals surface area contributed by atoms with Crippen LogP contribution < -0.4 is 20.4 Å². The fourth-order valence-electron chi connectivity index (χ4n) is 1.95. The van der Waals surface area contributed by atoms with E-state index < -0.39 is 0 Å². The first-order valence-corrected chi connectivity index (χ1v) is 5.43. The third kappa shape index (κ3) is 1.97. The lowest BCUT2D eigenvalue weighted by Gasteiger charge is -2.36. The van der Waals surface area contributed by atoms with E-state index in [-0.39, 0.29) is 17.0 Å². The summed E-state index contributed by atoms with van der Waals surface area (Å²) in [6.07, 6.45) is 0. The largest absolute Gasteiger partial charge is 0.505 e. The second-order valence-corrected chi connectivity index (χ2v) is 4.67. The molecule has 1 N–H and O–H groups in total. The number of nitrogens with zero attached hydrogens (tertiary/aromatic N) is 3. The molecule has 0 bridgehead atoms. The van der Waals surface area contributed by atoms with Crippen LogP contribution >= 0.6 is 0 Å². The SMILES string of the molecule is CC(=O)[n+]1[n-]oc(=N)c1N1CCOCC1(C)C. The molecule has 7 nitrogen and oxygen atoms in total. The van der Waals surface area contributed by atoms with E-state index in [0.717, 1.165) is 4.68 Å². The number of anilines is 1. The lowest BCUT2D eigenvalue weighted by atomic mass is 10.0. The van der Waals surface area contributed by atoms with Crippen molar-refractivity contribution in [1.29, 1.82) is 5.41 Å². The normalized spacial score (nSPS) is 19.4. The number of rotatable bonds is 1. The summed E-state index contributed by atoms with van der Waals surface area (Å²) in [6.45, 7) is 7.07. The Hall–Kier alpha value is -1.63. The highest BCUT2D eigenvalue weighted by molar-refractivity contribution is 5.64. The van der Waals surface area contributed by atoms with Crippen molar-refractivity contribution >= 4 is 11.7 Å². The van der Waals surface area contributed by atoms with Crippen molar-refractivity contribution in [3.05, 3.63) is 5.55 Å². The van der Waals surface area contributed by atoms with Crippen LogP contribution in [0.4, 0.5) is 5.82 Å². The van der Waals surface area contributed by atoms with Crippen molar-refractivity contribution in [3.8, 4) is 0 Å². The maximum atomic E-state index is 11.4. The average Bonchev–Trinajstić information content (AvgIpc) is 2.60. The van der Waals surface area contributed by atoms with E-state index in [4.69, 9.17) is 14.7 Å². The van der Waals surface area contributed by atoms with Gasteiger partial charge in [-0.05, 0) is 13.8 Å². The number of morpholine rings is 1. The number of carbonyl (C=O) groups excluding carboxylic acids is 1. The topological polar surface area (TPSA) is 84.5 Å². The Labute approximate surface area is 98.4 Å². The van der Waals surface area contributed by atoms with Gasteiger partial charge in [0.1, 0.15) is 12.1 Å². The number of ether oxygens (including phenoxy) is 1. The summed E-state index contributed by atoms with van der Waals surface area (Å²) < 4.78 is 11.3. The Morgan fingerprint density at radius 3 is 2.88 bits per heavy atom. The molecule has 0 aromatic carbocycles. The number of hydrogen-bond acceptors (Lipinski definition) is 5. The standard InChI is InChI=1S/C10H16N4O3/c1-7(15)14-9(8(11)17-12-14)13-4-5-16-6-10(13,2)3/h11H,4-6H2,1-3H3. The second kappa shape index (κ2) is 3.99. The maximum absolute atomic E-state index is 11.4. The van der Waals surface area contributed by atoms with Crippen LogP contribution in [-0.4, -0.2) is 31.2 Å². The first-order chi connectivity index (χ1) is 7.93. The number of hydrogen-bond donors (Lipinski definition) is 1. The molecule has 1 aromatic heterocycles. The summed E-state index contributed by atoms with van der Waals surface area (Å²) in [6, 6.07) is 0. The average molecular weight is 240 g/mol. The molecule has 0 aliphatic carbocycles. The van der Waals surface area contributed by atoms with Crippen LogP contribution in [0.2, 0.25) is 0 Å². The van der Waals surface area contributed by atoms with E-state index in [2.05, 4.69) is 5.27 Å². The Bertz CT molecular complexity index is 488. The Morgan fingerprint density at radius 1 is 1.59 bits per heavy atom. The third-order valence-electron chi connectivity index (χ3n) is 2.82. The van der Waals surface area contributed by atoms with Crippen LogP contribution in [0.1, 0.15) is 25.6 Å². The first kappa shape index (κ1) is 11.8. The van der Waals surface area contributed by atoms with E-state index in [9.17, 15) is 4.79 Å². The van der Waals surface area contributed by atoms with Crippen molar-refractivity contribution in [2.45, 2.75) is 26.3 Å². The van der Waals surface area contributed by atoms with Crippen LogP contribution in [0.15, 0.2) is 4.52 Å². The van der Waals surface area contributed by atoms with Gasteiger partial charge in [0.15, 0.2) is 0 Å². The predicted octanol–water partition coefficient (Wildman–Crippen LogP) is -0.721. The van der Waals surface area contributed by atoms with E-state index in [1.165, 1.54) is 6.92 Å². The van der Waals surface area contributed by atoms with Gasteiger partial charge in [-0.3, -0.25) is 5.41 Å². The fourth-order valence-corrected chi connectivity index (χ4v) is 1.95. The van der Waals surface area contributed by atoms with Crippen LogP contribution in [0.25, 0.3) is 0 Å². The lowest BCUT2D eigenvalue weighted by molar-refractivity contribution is -0.642. The minimum atomic E-state index is -0.295. The minimum absolute atomic E-state index is 0.102. The molecule has 0 atom stereocenters. The molecule has 2 heterocycles. The molecule has 1 aliphatic rings. The van der Waals surface area contributed by atoms with Crippen molar-refractivity contribution in [2.24, 2.45) is 0 Å². The summed E-state index contributed by atoms with van der Waals surface area (Å²) in [5.74, 6) is 0.121. The summed E-state index contributed by atoms with van der Waals surface area (Å²) in [4.78, 5) is 13.4. The van der Waals surface area contributed by atoms with Gasteiger partial charge >= 0.3 is 5.82 Å². The van der Waals surface area contributed by atoms with Gasteiger partial charge in [0, 0.05) is 6.92 Å². The van der Waals surface area contributed by atoms with Gasteiger partial charge in [0.05, 0.1) is 13.2 Å². The highest BCUT2D eigenvalue weighted by Gasteiger charge is 2.40. The molecule has 7 heteroatoms. The summed E-state index contributed by atoms with van der Waals surface area (Å²) in [7, 11) is 0. The van der Waals surface area contributed by atoms with E-state index in [0.29, 0.717) is 25.6 Å². The van der Waals surface area contributed by atoms with Crippen LogP contribution in [0.3, 0.4) is 0 Å². The van der Waals surface area contributed by atoms with Crippen LogP contribution in [-0.2, 0) is 4.74 Å². The zero-order valence-electron chi connectivity index (χ0n) is 10.2. The molecule has 0 saturated carbocycles. The van der Waals surface area contributed by atoms with Gasteiger partial charge in [-0.2, -0.15) is 0 Å². The summed E-state index contributed by atoms with van der Waals surface area (Å²) in [5, 5.41) is 11.3. The van der Waals surface area contributed by atoms with E-state index in [1.54, 1.807) is 0 Å². The molecule has 1 fully saturated rings. The third-order valence-corrected chi connectivity index (χ3v) is 2.82. The van der Waals surface area contributed by atoms with Gasteiger partial charge in [-0.25, -0.2) is 14.4 Å². The molecule has 1 aliphatic heterocycles. The molecule has 2 rings (SSSR count). The summed E-state index contributed by atoms with van der Waals surface area (Å²) >= 11 is 0. The molecule has 0 unspecified atom stereocenters. The summed E-state index contributed by atoms with van der Waals surface area (Å²) in [5.41, 5.74) is -0.397. The Kier molecular flexibility index (Phi) is 2.78. The fraction of sp³-hybridized carbons (Fsp3) is 0.700. The van der Waals surface area contributed by atoms with Crippen molar-refractivity contribution in [1.82, 2.24) is 5.27 Å². The molecule has 94 valence electrons. The monoisotopic (exact) mass is 240 g/mol. The molecular weight excluding hydrogens is 224 g/mol. The molecule has 17 heavy (non-hydrogen) atoms. The quantitative estimate of drug-likeness (QED) is 0.655. The van der Waals surface area contributed by atoms with E-state index >= 15 is 0 Å². The Balaban J connectivity index is 2.48. The number of aromatic nitrogens is 2. The predicted molar refractivity (Wildman–Crippen MR) is 56.6 cm³/mol.